The van der Waals surface area contributed by atoms with Crippen LogP contribution in [0, 0.1) is 17.8 Å². The lowest BCUT2D eigenvalue weighted by molar-refractivity contribution is -0.163. The number of carbonyl (C=O) groups excluding carboxylic acids is 2. The van der Waals surface area contributed by atoms with Gasteiger partial charge >= 0.3 is 11.9 Å². The van der Waals surface area contributed by atoms with Gasteiger partial charge < -0.3 is 9.47 Å². The maximum Gasteiger partial charge on any atom is 0.309 e. The number of carbonyl (C=O) groups is 2. The minimum Gasteiger partial charge on any atom is -0.465 e. The first-order chi connectivity index (χ1) is 17.6. The Labute approximate surface area is 224 Å². The number of ether oxygens (including phenoxy) is 2. The van der Waals surface area contributed by atoms with Gasteiger partial charge in [0, 0.05) is 0 Å². The van der Waals surface area contributed by atoms with Crippen molar-refractivity contribution < 1.29 is 19.1 Å². The monoisotopic (exact) mass is 508 g/mol. The van der Waals surface area contributed by atoms with Gasteiger partial charge in [0.05, 0.1) is 25.0 Å². The van der Waals surface area contributed by atoms with Gasteiger partial charge in [-0.3, -0.25) is 9.59 Å². The van der Waals surface area contributed by atoms with Crippen LogP contribution in [0.15, 0.2) is 0 Å². The molecule has 212 valence electrons. The highest BCUT2D eigenvalue weighted by Crippen LogP contribution is 2.32. The molecule has 0 heterocycles. The highest BCUT2D eigenvalue weighted by atomic mass is 16.5. The second-order valence-electron chi connectivity index (χ2n) is 11.7. The van der Waals surface area contributed by atoms with Crippen molar-refractivity contribution in [2.45, 2.75) is 162 Å². The van der Waals surface area contributed by atoms with Crippen LogP contribution in [0.5, 0.6) is 0 Å². The fraction of sp³-hybridized carbons (Fsp3) is 0.938. The van der Waals surface area contributed by atoms with Crippen molar-refractivity contribution in [3.05, 3.63) is 0 Å². The van der Waals surface area contributed by atoms with Crippen molar-refractivity contribution in [3.63, 3.8) is 0 Å². The summed E-state index contributed by atoms with van der Waals surface area (Å²) in [6.07, 6.45) is 26.1. The van der Waals surface area contributed by atoms with Gasteiger partial charge in [-0.05, 0) is 31.6 Å². The van der Waals surface area contributed by atoms with Gasteiger partial charge in [-0.2, -0.15) is 0 Å². The van der Waals surface area contributed by atoms with Gasteiger partial charge in [-0.15, -0.1) is 0 Å². The molecule has 1 aliphatic rings. The van der Waals surface area contributed by atoms with Gasteiger partial charge in [0.1, 0.15) is 0 Å². The molecule has 1 aliphatic carbocycles. The van der Waals surface area contributed by atoms with Gasteiger partial charge in [0.25, 0.3) is 0 Å². The SMILES string of the molecule is CCCCCCCCCCCCCOC(=O)C1CCCCC1C(=O)OCCCCCCCCC(C)C. The predicted molar refractivity (Wildman–Crippen MR) is 151 cm³/mol. The summed E-state index contributed by atoms with van der Waals surface area (Å²) in [5.74, 6) is -0.164. The molecule has 36 heavy (non-hydrogen) atoms. The lowest BCUT2D eigenvalue weighted by Crippen LogP contribution is -2.35. The summed E-state index contributed by atoms with van der Waals surface area (Å²) in [6, 6.07) is 0. The Balaban J connectivity index is 2.09. The number of rotatable bonds is 23. The first-order valence-corrected chi connectivity index (χ1v) is 15.9. The van der Waals surface area contributed by atoms with Crippen LogP contribution in [0.4, 0.5) is 0 Å². The van der Waals surface area contributed by atoms with Crippen LogP contribution in [-0.4, -0.2) is 25.2 Å². The van der Waals surface area contributed by atoms with Crippen LogP contribution in [0.2, 0.25) is 0 Å². The summed E-state index contributed by atoms with van der Waals surface area (Å²) in [5, 5.41) is 0. The smallest absolute Gasteiger partial charge is 0.309 e. The van der Waals surface area contributed by atoms with Crippen molar-refractivity contribution in [1.29, 1.82) is 0 Å². The Morgan fingerprint density at radius 1 is 0.583 bits per heavy atom. The molecule has 0 aromatic heterocycles. The molecule has 1 fully saturated rings. The third-order valence-corrected chi connectivity index (χ3v) is 7.78. The molecule has 0 radical (unpaired) electrons. The summed E-state index contributed by atoms with van der Waals surface area (Å²) in [5.41, 5.74) is 0. The molecule has 0 bridgehead atoms. The van der Waals surface area contributed by atoms with E-state index in [0.717, 1.165) is 57.3 Å². The molecule has 0 spiro atoms. The average Bonchev–Trinajstić information content (AvgIpc) is 2.87. The summed E-state index contributed by atoms with van der Waals surface area (Å²) in [4.78, 5) is 25.4. The van der Waals surface area contributed by atoms with E-state index >= 15 is 0 Å². The standard InChI is InChI=1S/C32H60O4/c1-4-5-6-7-8-9-10-11-13-16-21-26-35-31(33)29-24-19-20-25-30(29)32(34)36-27-22-17-14-12-15-18-23-28(2)3/h28-30H,4-27H2,1-3H3. The van der Waals surface area contributed by atoms with Gasteiger partial charge in [-0.1, -0.05) is 136 Å². The molecule has 0 aromatic carbocycles. The fourth-order valence-electron chi connectivity index (χ4n) is 5.38. The lowest BCUT2D eigenvalue weighted by Gasteiger charge is -2.28. The first kappa shape index (κ1) is 33.0. The highest BCUT2D eigenvalue weighted by molar-refractivity contribution is 5.82. The molecule has 0 aliphatic heterocycles. The summed E-state index contributed by atoms with van der Waals surface area (Å²) < 4.78 is 11.2. The van der Waals surface area contributed by atoms with E-state index in [1.807, 2.05) is 0 Å². The van der Waals surface area contributed by atoms with Gasteiger partial charge in [-0.25, -0.2) is 0 Å². The third-order valence-electron chi connectivity index (χ3n) is 7.78. The normalized spacial score (nSPS) is 17.9. The Morgan fingerprint density at radius 3 is 1.33 bits per heavy atom. The Bertz CT molecular complexity index is 530. The van der Waals surface area contributed by atoms with E-state index in [1.54, 1.807) is 0 Å². The Hall–Kier alpha value is -1.06. The van der Waals surface area contributed by atoms with Crippen molar-refractivity contribution in [2.24, 2.45) is 17.8 Å². The molecular weight excluding hydrogens is 448 g/mol. The number of hydrogen-bond donors (Lipinski definition) is 0. The Morgan fingerprint density at radius 2 is 0.944 bits per heavy atom. The van der Waals surface area contributed by atoms with E-state index in [4.69, 9.17) is 9.47 Å². The second kappa shape index (κ2) is 23.1. The van der Waals surface area contributed by atoms with Crippen LogP contribution >= 0.6 is 0 Å². The van der Waals surface area contributed by atoms with E-state index in [9.17, 15) is 9.59 Å². The lowest BCUT2D eigenvalue weighted by atomic mass is 9.79. The quantitative estimate of drug-likeness (QED) is 0.102. The predicted octanol–water partition coefficient (Wildman–Crippen LogP) is 9.58. The molecule has 4 nitrogen and oxygen atoms in total. The molecule has 1 rings (SSSR count). The van der Waals surface area contributed by atoms with Crippen LogP contribution in [0.25, 0.3) is 0 Å². The van der Waals surface area contributed by atoms with E-state index in [0.29, 0.717) is 13.2 Å². The summed E-state index contributed by atoms with van der Waals surface area (Å²) >= 11 is 0. The highest BCUT2D eigenvalue weighted by Gasteiger charge is 2.37. The second-order valence-corrected chi connectivity index (χ2v) is 11.7. The van der Waals surface area contributed by atoms with Gasteiger partial charge in [0.15, 0.2) is 0 Å². The molecule has 2 unspecified atom stereocenters. The summed E-state index contributed by atoms with van der Waals surface area (Å²) in [7, 11) is 0. The van der Waals surface area contributed by atoms with Crippen LogP contribution < -0.4 is 0 Å². The average molecular weight is 509 g/mol. The topological polar surface area (TPSA) is 52.6 Å². The van der Waals surface area contributed by atoms with Crippen LogP contribution in [0.3, 0.4) is 0 Å². The van der Waals surface area contributed by atoms with Crippen molar-refractivity contribution in [2.75, 3.05) is 13.2 Å². The third kappa shape index (κ3) is 17.4. The maximum atomic E-state index is 12.7. The molecule has 0 amide bonds. The number of esters is 2. The largest absolute Gasteiger partial charge is 0.465 e. The first-order valence-electron chi connectivity index (χ1n) is 15.9. The fourth-order valence-corrected chi connectivity index (χ4v) is 5.38. The van der Waals surface area contributed by atoms with Crippen molar-refractivity contribution in [3.8, 4) is 0 Å². The maximum absolute atomic E-state index is 12.7. The molecule has 0 N–H and O–H groups in total. The van der Waals surface area contributed by atoms with Crippen molar-refractivity contribution in [1.82, 2.24) is 0 Å². The minimum absolute atomic E-state index is 0.176. The van der Waals surface area contributed by atoms with Crippen LogP contribution in [-0.2, 0) is 19.1 Å². The van der Waals surface area contributed by atoms with E-state index in [2.05, 4.69) is 20.8 Å². The van der Waals surface area contributed by atoms with Crippen LogP contribution in [0.1, 0.15) is 162 Å². The molecule has 0 saturated heterocycles. The number of hydrogen-bond acceptors (Lipinski definition) is 4. The van der Waals surface area contributed by atoms with E-state index in [1.165, 1.54) is 89.9 Å². The summed E-state index contributed by atoms with van der Waals surface area (Å²) in [6.45, 7) is 7.81. The van der Waals surface area contributed by atoms with Gasteiger partial charge in [0.2, 0.25) is 0 Å². The zero-order valence-electron chi connectivity index (χ0n) is 24.3. The van der Waals surface area contributed by atoms with E-state index < -0.39 is 0 Å². The minimum atomic E-state index is -0.306. The Kier molecular flexibility index (Phi) is 21.1. The molecule has 0 aromatic rings. The zero-order chi connectivity index (χ0) is 26.3. The van der Waals surface area contributed by atoms with Crippen molar-refractivity contribution >= 4 is 11.9 Å². The molecule has 4 heteroatoms. The molecule has 1 saturated carbocycles. The zero-order valence-corrected chi connectivity index (χ0v) is 24.3. The van der Waals surface area contributed by atoms with E-state index in [-0.39, 0.29) is 23.8 Å². The number of unbranched alkanes of at least 4 members (excludes halogenated alkanes) is 15. The molecular formula is C32H60O4. The molecule has 2 atom stereocenters.